The highest BCUT2D eigenvalue weighted by molar-refractivity contribution is 6.23. The quantitative estimate of drug-likeness (QED) is 0.608. The first-order valence-electron chi connectivity index (χ1n) is 11.4. The minimum atomic E-state index is -0.950. The third kappa shape index (κ3) is 4.02. The molecule has 8 nitrogen and oxygen atoms in total. The Hall–Kier alpha value is -3.52. The van der Waals surface area contributed by atoms with Crippen molar-refractivity contribution in [3.05, 3.63) is 64.7 Å². The van der Waals surface area contributed by atoms with Crippen LogP contribution in [0.5, 0.6) is 0 Å². The lowest BCUT2D eigenvalue weighted by molar-refractivity contribution is -0.136. The van der Waals surface area contributed by atoms with Crippen molar-refractivity contribution in [1.82, 2.24) is 15.5 Å². The summed E-state index contributed by atoms with van der Waals surface area (Å²) in [5.74, 6) is -1.44. The summed E-state index contributed by atoms with van der Waals surface area (Å²) in [7, 11) is 0. The Kier molecular flexibility index (Phi) is 5.68. The van der Waals surface area contributed by atoms with Crippen LogP contribution in [0.3, 0.4) is 0 Å². The van der Waals surface area contributed by atoms with Crippen molar-refractivity contribution in [2.75, 3.05) is 18.4 Å². The van der Waals surface area contributed by atoms with Crippen molar-refractivity contribution in [3.63, 3.8) is 0 Å². The summed E-state index contributed by atoms with van der Waals surface area (Å²) in [4.78, 5) is 50.6. The molecule has 4 amide bonds. The molecule has 0 aromatic heterocycles. The number of benzene rings is 2. The number of nitrogens with one attached hydrogen (secondary N) is 3. The smallest absolute Gasteiger partial charge is 0.262 e. The summed E-state index contributed by atoms with van der Waals surface area (Å²) in [6.07, 6.45) is 2.46. The first-order chi connectivity index (χ1) is 16.0. The van der Waals surface area contributed by atoms with Crippen LogP contribution in [-0.4, -0.2) is 47.7 Å². The Morgan fingerprint density at radius 2 is 1.67 bits per heavy atom. The van der Waals surface area contributed by atoms with Crippen LogP contribution in [0.1, 0.15) is 63.4 Å². The average molecular weight is 447 g/mol. The van der Waals surface area contributed by atoms with Crippen LogP contribution in [0.2, 0.25) is 0 Å². The summed E-state index contributed by atoms with van der Waals surface area (Å²) in [5, 5.41) is 9.12. The molecule has 2 fully saturated rings. The SMILES string of the molecule is O=C1CCC(N2C(=O)c3ccc(CNc4ccccc4C4CCNCC4)cc3C2=O)C(=O)N1. The molecule has 3 aliphatic rings. The molecule has 3 heterocycles. The number of piperidine rings is 2. The maximum Gasteiger partial charge on any atom is 0.262 e. The Balaban J connectivity index is 1.33. The van der Waals surface area contributed by atoms with Crippen molar-refractivity contribution in [1.29, 1.82) is 0 Å². The van der Waals surface area contributed by atoms with E-state index in [4.69, 9.17) is 0 Å². The van der Waals surface area contributed by atoms with E-state index in [1.165, 1.54) is 5.56 Å². The van der Waals surface area contributed by atoms with E-state index < -0.39 is 23.8 Å². The molecule has 0 aliphatic carbocycles. The number of carbonyl (C=O) groups is 4. The third-order valence-electron chi connectivity index (χ3n) is 6.73. The zero-order valence-electron chi connectivity index (χ0n) is 18.2. The van der Waals surface area contributed by atoms with Crippen LogP contribution in [0.15, 0.2) is 42.5 Å². The molecule has 1 atom stereocenters. The molecule has 33 heavy (non-hydrogen) atoms. The van der Waals surface area contributed by atoms with Gasteiger partial charge in [0.2, 0.25) is 11.8 Å². The second-order valence-electron chi connectivity index (χ2n) is 8.79. The molecular formula is C25H26N4O4. The van der Waals surface area contributed by atoms with Crippen LogP contribution < -0.4 is 16.0 Å². The van der Waals surface area contributed by atoms with E-state index in [0.29, 0.717) is 23.6 Å². The number of hydrogen-bond donors (Lipinski definition) is 3. The van der Waals surface area contributed by atoms with E-state index in [2.05, 4.69) is 34.1 Å². The van der Waals surface area contributed by atoms with Gasteiger partial charge in [0.15, 0.2) is 0 Å². The summed E-state index contributed by atoms with van der Waals surface area (Å²) < 4.78 is 0. The van der Waals surface area contributed by atoms with Crippen LogP contribution >= 0.6 is 0 Å². The van der Waals surface area contributed by atoms with Gasteiger partial charge < -0.3 is 10.6 Å². The van der Waals surface area contributed by atoms with Crippen molar-refractivity contribution >= 4 is 29.3 Å². The van der Waals surface area contributed by atoms with Crippen LogP contribution in [0.4, 0.5) is 5.69 Å². The van der Waals surface area contributed by atoms with Gasteiger partial charge in [-0.1, -0.05) is 24.3 Å². The zero-order chi connectivity index (χ0) is 22.9. The predicted molar refractivity (Wildman–Crippen MR) is 122 cm³/mol. The molecule has 0 saturated carbocycles. The van der Waals surface area contributed by atoms with Crippen LogP contribution in [0.25, 0.3) is 0 Å². The zero-order valence-corrected chi connectivity index (χ0v) is 18.2. The van der Waals surface area contributed by atoms with Crippen molar-refractivity contribution < 1.29 is 19.2 Å². The highest BCUT2D eigenvalue weighted by Gasteiger charge is 2.44. The van der Waals surface area contributed by atoms with Crippen molar-refractivity contribution in [2.45, 2.75) is 44.2 Å². The van der Waals surface area contributed by atoms with Gasteiger partial charge in [-0.2, -0.15) is 0 Å². The number of rotatable bonds is 5. The fourth-order valence-corrected chi connectivity index (χ4v) is 4.97. The molecule has 2 aromatic rings. The van der Waals surface area contributed by atoms with Gasteiger partial charge in [0, 0.05) is 18.7 Å². The first-order valence-corrected chi connectivity index (χ1v) is 11.4. The maximum atomic E-state index is 13.0. The molecule has 8 heteroatoms. The van der Waals surface area contributed by atoms with Crippen LogP contribution in [-0.2, 0) is 16.1 Å². The molecule has 0 radical (unpaired) electrons. The largest absolute Gasteiger partial charge is 0.381 e. The highest BCUT2D eigenvalue weighted by atomic mass is 16.2. The van der Waals surface area contributed by atoms with E-state index >= 15 is 0 Å². The molecule has 5 rings (SSSR count). The number of carbonyl (C=O) groups excluding carboxylic acids is 4. The molecule has 170 valence electrons. The summed E-state index contributed by atoms with van der Waals surface area (Å²) >= 11 is 0. The van der Waals surface area contributed by atoms with E-state index in [1.807, 2.05) is 12.1 Å². The Labute approximate surface area is 191 Å². The number of anilines is 1. The number of hydrogen-bond acceptors (Lipinski definition) is 6. The maximum absolute atomic E-state index is 13.0. The molecular weight excluding hydrogens is 420 g/mol. The molecule has 3 aliphatic heterocycles. The number of para-hydroxylation sites is 1. The van der Waals surface area contributed by atoms with Crippen molar-refractivity contribution in [3.8, 4) is 0 Å². The van der Waals surface area contributed by atoms with E-state index in [0.717, 1.165) is 42.1 Å². The minimum Gasteiger partial charge on any atom is -0.381 e. The highest BCUT2D eigenvalue weighted by Crippen LogP contribution is 2.32. The topological polar surface area (TPSA) is 108 Å². The van der Waals surface area contributed by atoms with Gasteiger partial charge in [-0.25, -0.2) is 0 Å². The summed E-state index contributed by atoms with van der Waals surface area (Å²) in [6, 6.07) is 12.6. The number of fused-ring (bicyclic) bond motifs is 1. The van der Waals surface area contributed by atoms with Gasteiger partial charge in [-0.15, -0.1) is 0 Å². The Bertz CT molecular complexity index is 1140. The average Bonchev–Trinajstić information content (AvgIpc) is 3.08. The lowest BCUT2D eigenvalue weighted by Gasteiger charge is -2.27. The van der Waals surface area contributed by atoms with Gasteiger partial charge in [-0.05, 0) is 67.6 Å². The monoisotopic (exact) mass is 446 g/mol. The lowest BCUT2D eigenvalue weighted by Crippen LogP contribution is -2.54. The fourth-order valence-electron chi connectivity index (χ4n) is 4.97. The van der Waals surface area contributed by atoms with E-state index in [9.17, 15) is 19.2 Å². The fraction of sp³-hybridized carbons (Fsp3) is 0.360. The molecule has 1 unspecified atom stereocenters. The van der Waals surface area contributed by atoms with Gasteiger partial charge >= 0.3 is 0 Å². The Morgan fingerprint density at radius 3 is 2.45 bits per heavy atom. The predicted octanol–water partition coefficient (Wildman–Crippen LogP) is 2.17. The minimum absolute atomic E-state index is 0.107. The number of nitrogens with zero attached hydrogens (tertiary/aromatic N) is 1. The van der Waals surface area contributed by atoms with Crippen molar-refractivity contribution in [2.24, 2.45) is 0 Å². The Morgan fingerprint density at radius 1 is 0.909 bits per heavy atom. The van der Waals surface area contributed by atoms with Gasteiger partial charge in [0.05, 0.1) is 11.1 Å². The normalized spacial score (nSPS) is 21.2. The molecule has 2 aromatic carbocycles. The molecule has 2 saturated heterocycles. The number of imide groups is 2. The van der Waals surface area contributed by atoms with E-state index in [-0.39, 0.29) is 18.7 Å². The lowest BCUT2D eigenvalue weighted by atomic mass is 9.89. The second kappa shape index (κ2) is 8.78. The molecule has 0 spiro atoms. The summed E-state index contributed by atoms with van der Waals surface area (Å²) in [6.45, 7) is 2.54. The van der Waals surface area contributed by atoms with Gasteiger partial charge in [0.1, 0.15) is 6.04 Å². The standard InChI is InChI=1S/C25H26N4O4/c30-22-8-7-21(23(31)28-22)29-24(32)18-6-5-15(13-19(18)25(29)33)14-27-20-4-2-1-3-17(20)16-9-11-26-12-10-16/h1-6,13,16,21,26-27H,7-12,14H2,(H,28,30,31). The number of amides is 4. The van der Waals surface area contributed by atoms with Gasteiger partial charge in [0.25, 0.3) is 11.8 Å². The molecule has 0 bridgehead atoms. The summed E-state index contributed by atoms with van der Waals surface area (Å²) in [5.41, 5.74) is 3.85. The van der Waals surface area contributed by atoms with E-state index in [1.54, 1.807) is 12.1 Å². The first kappa shape index (κ1) is 21.3. The third-order valence-corrected chi connectivity index (χ3v) is 6.73. The molecule has 3 N–H and O–H groups in total. The van der Waals surface area contributed by atoms with Gasteiger partial charge in [-0.3, -0.25) is 29.4 Å². The second-order valence-corrected chi connectivity index (χ2v) is 8.79. The van der Waals surface area contributed by atoms with Crippen LogP contribution in [0, 0.1) is 0 Å².